The largest absolute Gasteiger partial charge is 0.319 e. The third-order valence-corrected chi connectivity index (χ3v) is 3.44. The zero-order chi connectivity index (χ0) is 13.4. The van der Waals surface area contributed by atoms with Crippen LogP contribution in [0.25, 0.3) is 0 Å². The molecule has 0 aromatic heterocycles. The van der Waals surface area contributed by atoms with Gasteiger partial charge in [0.1, 0.15) is 12.1 Å². The summed E-state index contributed by atoms with van der Waals surface area (Å²) in [6.07, 6.45) is 0. The molecule has 1 aliphatic rings. The van der Waals surface area contributed by atoms with Crippen molar-refractivity contribution in [2.24, 2.45) is 11.8 Å². The van der Waals surface area contributed by atoms with E-state index in [9.17, 15) is 14.4 Å². The molecule has 3 amide bonds. The summed E-state index contributed by atoms with van der Waals surface area (Å²) in [5.74, 6) is -1.00. The van der Waals surface area contributed by atoms with Crippen molar-refractivity contribution >= 4 is 17.7 Å². The Bertz CT molecular complexity index is 361. The average Bonchev–Trinajstić information content (AvgIpc) is 2.21. The van der Waals surface area contributed by atoms with Gasteiger partial charge in [-0.05, 0) is 19.8 Å². The van der Waals surface area contributed by atoms with Gasteiger partial charge in [0.15, 0.2) is 0 Å². The van der Waals surface area contributed by atoms with E-state index in [1.54, 1.807) is 13.8 Å². The Hall–Kier alpha value is -1.39. The lowest BCUT2D eigenvalue weighted by atomic mass is 9.91. The molecule has 1 aliphatic heterocycles. The van der Waals surface area contributed by atoms with Crippen LogP contribution in [0.4, 0.5) is 0 Å². The lowest BCUT2D eigenvalue weighted by Crippen LogP contribution is -2.66. The average molecular weight is 240 g/mol. The molecule has 0 spiro atoms. The fourth-order valence-electron chi connectivity index (χ4n) is 1.67. The van der Waals surface area contributed by atoms with Crippen LogP contribution in [0.5, 0.6) is 0 Å². The quantitative estimate of drug-likeness (QED) is 0.716. The van der Waals surface area contributed by atoms with Crippen molar-refractivity contribution in [3.8, 4) is 0 Å². The van der Waals surface area contributed by atoms with Gasteiger partial charge >= 0.3 is 0 Å². The van der Waals surface area contributed by atoms with Crippen molar-refractivity contribution < 1.29 is 14.4 Å². The zero-order valence-corrected chi connectivity index (χ0v) is 11.0. The van der Waals surface area contributed by atoms with Crippen molar-refractivity contribution in [3.63, 3.8) is 0 Å². The van der Waals surface area contributed by atoms with E-state index in [0.717, 1.165) is 0 Å². The molecule has 0 aromatic carbocycles. The van der Waals surface area contributed by atoms with E-state index in [2.05, 4.69) is 5.32 Å². The second-order valence-corrected chi connectivity index (χ2v) is 5.39. The summed E-state index contributed by atoms with van der Waals surface area (Å²) < 4.78 is 0. The molecule has 5 heteroatoms. The van der Waals surface area contributed by atoms with Crippen LogP contribution >= 0.6 is 0 Å². The highest BCUT2D eigenvalue weighted by Gasteiger charge is 2.44. The summed E-state index contributed by atoms with van der Waals surface area (Å²) in [5, 5.41) is 2.25. The van der Waals surface area contributed by atoms with Crippen molar-refractivity contribution in [2.45, 2.75) is 40.2 Å². The second-order valence-electron chi connectivity index (χ2n) is 5.39. The van der Waals surface area contributed by atoms with Crippen LogP contribution in [0.1, 0.15) is 34.6 Å². The zero-order valence-electron chi connectivity index (χ0n) is 11.0. The van der Waals surface area contributed by atoms with Crippen LogP contribution in [0, 0.1) is 11.8 Å². The van der Waals surface area contributed by atoms with E-state index in [-0.39, 0.29) is 24.3 Å². The van der Waals surface area contributed by atoms with E-state index >= 15 is 0 Å². The summed E-state index contributed by atoms with van der Waals surface area (Å²) >= 11 is 0. The maximum absolute atomic E-state index is 12.2. The Morgan fingerprint density at radius 1 is 1.29 bits per heavy atom. The molecule has 0 aromatic rings. The predicted octanol–water partition coefficient (Wildman–Crippen LogP) is 0.542. The van der Waals surface area contributed by atoms with Gasteiger partial charge < -0.3 is 4.90 Å². The van der Waals surface area contributed by atoms with Crippen LogP contribution in [-0.2, 0) is 14.4 Å². The molecule has 1 N–H and O–H groups in total. The number of carbonyl (C=O) groups excluding carboxylic acids is 3. The number of carbonyl (C=O) groups is 3. The number of hydrogen-bond donors (Lipinski definition) is 1. The molecule has 1 fully saturated rings. The Morgan fingerprint density at radius 3 is 2.29 bits per heavy atom. The van der Waals surface area contributed by atoms with Gasteiger partial charge in [-0.25, -0.2) is 0 Å². The van der Waals surface area contributed by atoms with E-state index in [1.807, 2.05) is 20.8 Å². The molecule has 96 valence electrons. The molecule has 1 heterocycles. The first kappa shape index (κ1) is 13.7. The Balaban J connectivity index is 2.98. The highest BCUT2D eigenvalue weighted by Crippen LogP contribution is 2.23. The van der Waals surface area contributed by atoms with Crippen LogP contribution < -0.4 is 5.32 Å². The monoisotopic (exact) mass is 240 g/mol. The highest BCUT2D eigenvalue weighted by molar-refractivity contribution is 6.06. The number of amides is 3. The lowest BCUT2D eigenvalue weighted by Gasteiger charge is -2.41. The van der Waals surface area contributed by atoms with Gasteiger partial charge in [0, 0.05) is 5.92 Å². The topological polar surface area (TPSA) is 66.5 Å². The van der Waals surface area contributed by atoms with Crippen molar-refractivity contribution in [3.05, 3.63) is 0 Å². The van der Waals surface area contributed by atoms with E-state index in [1.165, 1.54) is 4.90 Å². The summed E-state index contributed by atoms with van der Waals surface area (Å²) in [7, 11) is 0. The van der Waals surface area contributed by atoms with E-state index in [4.69, 9.17) is 0 Å². The fourth-order valence-corrected chi connectivity index (χ4v) is 1.67. The number of nitrogens with zero attached hydrogens (tertiary/aromatic N) is 1. The number of hydrogen-bond acceptors (Lipinski definition) is 3. The fraction of sp³-hybridized carbons (Fsp3) is 0.750. The summed E-state index contributed by atoms with van der Waals surface area (Å²) in [6, 6.07) is 0. The van der Waals surface area contributed by atoms with Gasteiger partial charge in [-0.2, -0.15) is 0 Å². The summed E-state index contributed by atoms with van der Waals surface area (Å²) in [4.78, 5) is 36.7. The summed E-state index contributed by atoms with van der Waals surface area (Å²) in [5.41, 5.74) is -0.964. The number of nitrogens with one attached hydrogen (secondary N) is 1. The molecular weight excluding hydrogens is 220 g/mol. The molecule has 5 nitrogen and oxygen atoms in total. The molecule has 17 heavy (non-hydrogen) atoms. The standard InChI is InChI=1S/C12H20N2O3/c1-7(2)8(3)10(16)14-6-9(15)13-11(17)12(14,4)5/h7-8H,6H2,1-5H3,(H,13,15,17). The maximum atomic E-state index is 12.2. The minimum atomic E-state index is -0.964. The van der Waals surface area contributed by atoms with Gasteiger partial charge in [0.2, 0.25) is 11.8 Å². The molecule has 1 unspecified atom stereocenters. The lowest BCUT2D eigenvalue weighted by molar-refractivity contribution is -0.158. The SMILES string of the molecule is CC(C)C(C)C(=O)N1CC(=O)NC(=O)C1(C)C. The van der Waals surface area contributed by atoms with Gasteiger partial charge in [-0.15, -0.1) is 0 Å². The summed E-state index contributed by atoms with van der Waals surface area (Å²) in [6.45, 7) is 8.97. The predicted molar refractivity (Wildman–Crippen MR) is 62.9 cm³/mol. The van der Waals surface area contributed by atoms with Crippen LogP contribution in [0.15, 0.2) is 0 Å². The number of piperazine rings is 1. The van der Waals surface area contributed by atoms with Crippen LogP contribution in [0.2, 0.25) is 0 Å². The Labute approximate surface area is 102 Å². The molecule has 0 saturated carbocycles. The smallest absolute Gasteiger partial charge is 0.252 e. The maximum Gasteiger partial charge on any atom is 0.252 e. The highest BCUT2D eigenvalue weighted by atomic mass is 16.2. The van der Waals surface area contributed by atoms with Gasteiger partial charge in [-0.3, -0.25) is 19.7 Å². The first-order valence-electron chi connectivity index (χ1n) is 5.83. The second kappa shape index (κ2) is 4.47. The molecule has 1 saturated heterocycles. The normalized spacial score (nSPS) is 21.4. The first-order valence-corrected chi connectivity index (χ1v) is 5.83. The van der Waals surface area contributed by atoms with E-state index < -0.39 is 17.4 Å². The van der Waals surface area contributed by atoms with Crippen LogP contribution in [-0.4, -0.2) is 34.7 Å². The first-order chi connectivity index (χ1) is 7.67. The molecule has 1 atom stereocenters. The van der Waals surface area contributed by atoms with Crippen molar-refractivity contribution in [2.75, 3.05) is 6.54 Å². The van der Waals surface area contributed by atoms with Crippen molar-refractivity contribution in [1.82, 2.24) is 10.2 Å². The van der Waals surface area contributed by atoms with Crippen molar-refractivity contribution in [1.29, 1.82) is 0 Å². The molecule has 0 bridgehead atoms. The Kier molecular flexibility index (Phi) is 3.59. The molecular formula is C12H20N2O3. The minimum absolute atomic E-state index is 0.0470. The van der Waals surface area contributed by atoms with Gasteiger partial charge in [-0.1, -0.05) is 20.8 Å². The van der Waals surface area contributed by atoms with E-state index in [0.29, 0.717) is 0 Å². The minimum Gasteiger partial charge on any atom is -0.319 e. The molecule has 1 rings (SSSR count). The van der Waals surface area contributed by atoms with Crippen LogP contribution in [0.3, 0.4) is 0 Å². The molecule has 0 radical (unpaired) electrons. The van der Waals surface area contributed by atoms with Gasteiger partial charge in [0.25, 0.3) is 5.91 Å². The third-order valence-electron chi connectivity index (χ3n) is 3.44. The molecule has 0 aliphatic carbocycles. The van der Waals surface area contributed by atoms with Gasteiger partial charge in [0.05, 0.1) is 0 Å². The third kappa shape index (κ3) is 2.48. The Morgan fingerprint density at radius 2 is 1.82 bits per heavy atom. The number of rotatable bonds is 2. The number of imide groups is 1.